The molecular weight excluding hydrogens is 387 g/mol. The van der Waals surface area contributed by atoms with E-state index in [1.54, 1.807) is 31.2 Å². The van der Waals surface area contributed by atoms with Gasteiger partial charge in [-0.05, 0) is 44.2 Å². The molecule has 26 heavy (non-hydrogen) atoms. The van der Waals surface area contributed by atoms with Gasteiger partial charge in [-0.2, -0.15) is 13.2 Å². The molecule has 0 aliphatic carbocycles. The van der Waals surface area contributed by atoms with Crippen LogP contribution in [0.4, 0.5) is 18.9 Å². The van der Waals surface area contributed by atoms with Crippen LogP contribution in [-0.2, 0) is 11.0 Å². The van der Waals surface area contributed by atoms with Gasteiger partial charge in [0.2, 0.25) is 5.91 Å². The zero-order valence-electron chi connectivity index (χ0n) is 13.9. The number of halogens is 4. The Kier molecular flexibility index (Phi) is 6.36. The Hall–Kier alpha value is -1.99. The number of thioether (sulfide) groups is 1. The lowest BCUT2D eigenvalue weighted by Gasteiger charge is -2.14. The van der Waals surface area contributed by atoms with E-state index in [-0.39, 0.29) is 21.6 Å². The lowest BCUT2D eigenvalue weighted by Crippen LogP contribution is -2.22. The average molecular weight is 402 g/mol. The Balaban J connectivity index is 2.10. The summed E-state index contributed by atoms with van der Waals surface area (Å²) in [7, 11) is 0. The van der Waals surface area contributed by atoms with Crippen molar-refractivity contribution in [1.82, 2.24) is 0 Å². The first-order valence-electron chi connectivity index (χ1n) is 7.53. The predicted octanol–water partition coefficient (Wildman–Crippen LogP) is 5.68. The van der Waals surface area contributed by atoms with Crippen LogP contribution < -0.4 is 5.32 Å². The molecule has 0 unspecified atom stereocenters. The van der Waals surface area contributed by atoms with Crippen molar-refractivity contribution in [2.24, 2.45) is 0 Å². The largest absolute Gasteiger partial charge is 0.417 e. The van der Waals surface area contributed by atoms with Crippen LogP contribution in [0.15, 0.2) is 47.4 Å². The van der Waals surface area contributed by atoms with E-state index in [0.717, 1.165) is 23.9 Å². The van der Waals surface area contributed by atoms with E-state index in [1.807, 2.05) is 0 Å². The molecule has 3 nitrogen and oxygen atoms in total. The lowest BCUT2D eigenvalue weighted by molar-refractivity contribution is -0.137. The van der Waals surface area contributed by atoms with Crippen molar-refractivity contribution < 1.29 is 22.8 Å². The standard InChI is InChI=1S/C18H15ClF3NO2S/c1-10(24)12-4-3-5-13(8-12)23-17(25)11(2)26-14-6-7-16(19)15(9-14)18(20,21)22/h3-9,11H,1-2H3,(H,23,25)/t11-/m1/s1. The van der Waals surface area contributed by atoms with Gasteiger partial charge in [0, 0.05) is 16.1 Å². The second-order valence-electron chi connectivity index (χ2n) is 5.53. The maximum absolute atomic E-state index is 12.9. The van der Waals surface area contributed by atoms with Crippen LogP contribution in [0.25, 0.3) is 0 Å². The summed E-state index contributed by atoms with van der Waals surface area (Å²) in [6.07, 6.45) is -4.56. The Labute approximate surface area is 157 Å². The number of hydrogen-bond donors (Lipinski definition) is 1. The van der Waals surface area contributed by atoms with Gasteiger partial charge in [-0.15, -0.1) is 11.8 Å². The minimum atomic E-state index is -4.56. The molecule has 2 rings (SSSR count). The molecule has 0 fully saturated rings. The van der Waals surface area contributed by atoms with Crippen LogP contribution in [0.5, 0.6) is 0 Å². The molecule has 0 aliphatic rings. The Morgan fingerprint density at radius 2 is 1.85 bits per heavy atom. The van der Waals surface area contributed by atoms with Gasteiger partial charge >= 0.3 is 6.18 Å². The molecule has 0 saturated carbocycles. The first-order valence-corrected chi connectivity index (χ1v) is 8.79. The number of Topliss-reactive ketones (excluding diaryl/α,β-unsaturated/α-hetero) is 1. The number of anilines is 1. The third kappa shape index (κ3) is 5.25. The summed E-state index contributed by atoms with van der Waals surface area (Å²) in [6, 6.07) is 9.96. The monoisotopic (exact) mass is 401 g/mol. The number of alkyl halides is 3. The molecule has 0 aliphatic heterocycles. The number of nitrogens with one attached hydrogen (secondary N) is 1. The fraction of sp³-hybridized carbons (Fsp3) is 0.222. The second-order valence-corrected chi connectivity index (χ2v) is 7.35. The maximum Gasteiger partial charge on any atom is 0.417 e. The highest BCUT2D eigenvalue weighted by Crippen LogP contribution is 2.37. The zero-order chi connectivity index (χ0) is 19.5. The molecule has 0 saturated heterocycles. The van der Waals surface area contributed by atoms with Crippen molar-refractivity contribution in [3.8, 4) is 0 Å². The third-order valence-electron chi connectivity index (χ3n) is 3.46. The van der Waals surface area contributed by atoms with Crippen LogP contribution >= 0.6 is 23.4 Å². The smallest absolute Gasteiger partial charge is 0.325 e. The topological polar surface area (TPSA) is 46.2 Å². The number of carbonyl (C=O) groups excluding carboxylic acids is 2. The van der Waals surface area contributed by atoms with E-state index in [2.05, 4.69) is 5.32 Å². The van der Waals surface area contributed by atoms with Crippen molar-refractivity contribution >= 4 is 40.7 Å². The van der Waals surface area contributed by atoms with Crippen molar-refractivity contribution in [2.45, 2.75) is 30.2 Å². The number of rotatable bonds is 5. The fourth-order valence-corrected chi connectivity index (χ4v) is 3.24. The predicted molar refractivity (Wildman–Crippen MR) is 96.8 cm³/mol. The number of hydrogen-bond acceptors (Lipinski definition) is 3. The molecule has 1 atom stereocenters. The molecule has 1 N–H and O–H groups in total. The number of benzene rings is 2. The summed E-state index contributed by atoms with van der Waals surface area (Å²) in [5.74, 6) is -0.524. The Bertz CT molecular complexity index is 839. The normalized spacial score (nSPS) is 12.5. The number of carbonyl (C=O) groups is 2. The molecule has 2 aromatic carbocycles. The highest BCUT2D eigenvalue weighted by atomic mass is 35.5. The van der Waals surface area contributed by atoms with Gasteiger partial charge in [-0.25, -0.2) is 0 Å². The molecule has 0 heterocycles. The highest BCUT2D eigenvalue weighted by Gasteiger charge is 2.33. The van der Waals surface area contributed by atoms with E-state index in [4.69, 9.17) is 11.6 Å². The van der Waals surface area contributed by atoms with Crippen molar-refractivity contribution in [1.29, 1.82) is 0 Å². The van der Waals surface area contributed by atoms with E-state index < -0.39 is 17.0 Å². The first kappa shape index (κ1) is 20.3. The summed E-state index contributed by atoms with van der Waals surface area (Å²) >= 11 is 6.57. The summed E-state index contributed by atoms with van der Waals surface area (Å²) in [6.45, 7) is 2.99. The summed E-state index contributed by atoms with van der Waals surface area (Å²) < 4.78 is 38.7. The van der Waals surface area contributed by atoms with Gasteiger partial charge in [-0.1, -0.05) is 23.7 Å². The van der Waals surface area contributed by atoms with Crippen LogP contribution in [0.1, 0.15) is 29.8 Å². The van der Waals surface area contributed by atoms with Gasteiger partial charge in [-0.3, -0.25) is 9.59 Å². The molecule has 0 spiro atoms. The minimum Gasteiger partial charge on any atom is -0.325 e. The molecule has 2 aromatic rings. The quantitative estimate of drug-likeness (QED) is 0.517. The van der Waals surface area contributed by atoms with Crippen LogP contribution in [-0.4, -0.2) is 16.9 Å². The first-order chi connectivity index (χ1) is 12.1. The van der Waals surface area contributed by atoms with Gasteiger partial charge < -0.3 is 5.32 Å². The SMILES string of the molecule is CC(=O)c1cccc(NC(=O)[C@@H](C)Sc2ccc(Cl)c(C(F)(F)F)c2)c1. The molecular formula is C18H15ClF3NO2S. The third-order valence-corrected chi connectivity index (χ3v) is 4.89. The van der Waals surface area contributed by atoms with Crippen LogP contribution in [0.2, 0.25) is 5.02 Å². The molecule has 0 bridgehead atoms. The Morgan fingerprint density at radius 1 is 1.15 bits per heavy atom. The van der Waals surface area contributed by atoms with Crippen molar-refractivity contribution in [3.63, 3.8) is 0 Å². The van der Waals surface area contributed by atoms with Crippen LogP contribution in [0.3, 0.4) is 0 Å². The van der Waals surface area contributed by atoms with E-state index >= 15 is 0 Å². The van der Waals surface area contributed by atoms with Gasteiger partial charge in [0.15, 0.2) is 5.78 Å². The van der Waals surface area contributed by atoms with Gasteiger partial charge in [0.25, 0.3) is 0 Å². The number of ketones is 1. The van der Waals surface area contributed by atoms with E-state index in [9.17, 15) is 22.8 Å². The number of amides is 1. The summed E-state index contributed by atoms with van der Waals surface area (Å²) in [5.41, 5.74) is -0.0382. The molecule has 0 radical (unpaired) electrons. The summed E-state index contributed by atoms with van der Waals surface area (Å²) in [5, 5.41) is 1.61. The van der Waals surface area contributed by atoms with Gasteiger partial charge in [0.05, 0.1) is 15.8 Å². The van der Waals surface area contributed by atoms with Crippen molar-refractivity contribution in [2.75, 3.05) is 5.32 Å². The summed E-state index contributed by atoms with van der Waals surface area (Å²) in [4.78, 5) is 23.9. The molecule has 0 aromatic heterocycles. The second kappa shape index (κ2) is 8.14. The van der Waals surface area contributed by atoms with Crippen molar-refractivity contribution in [3.05, 3.63) is 58.6 Å². The van der Waals surface area contributed by atoms with Crippen LogP contribution in [0, 0.1) is 0 Å². The Morgan fingerprint density at radius 3 is 2.46 bits per heavy atom. The fourth-order valence-electron chi connectivity index (χ4n) is 2.11. The maximum atomic E-state index is 12.9. The lowest BCUT2D eigenvalue weighted by atomic mass is 10.1. The van der Waals surface area contributed by atoms with Gasteiger partial charge in [0.1, 0.15) is 0 Å². The molecule has 1 amide bonds. The minimum absolute atomic E-state index is 0.135. The molecule has 8 heteroatoms. The average Bonchev–Trinajstić information content (AvgIpc) is 2.55. The highest BCUT2D eigenvalue weighted by molar-refractivity contribution is 8.00. The molecule has 138 valence electrons. The zero-order valence-corrected chi connectivity index (χ0v) is 15.4. The van der Waals surface area contributed by atoms with E-state index in [0.29, 0.717) is 11.3 Å². The van der Waals surface area contributed by atoms with E-state index in [1.165, 1.54) is 13.0 Å².